The van der Waals surface area contributed by atoms with Crippen LogP contribution in [-0.4, -0.2) is 101 Å². The Morgan fingerprint density at radius 1 is 0.882 bits per heavy atom. The van der Waals surface area contributed by atoms with E-state index in [4.69, 9.17) is 14.5 Å². The lowest BCUT2D eigenvalue weighted by atomic mass is 9.81. The van der Waals surface area contributed by atoms with Crippen LogP contribution in [-0.2, 0) is 73.8 Å². The largest absolute Gasteiger partial charge is 0.458 e. The van der Waals surface area contributed by atoms with E-state index in [9.17, 15) is 48.3 Å². The molecule has 20 nitrogen and oxygen atoms in total. The number of amides is 6. The molecular weight excluding hydrogens is 888 g/mol. The van der Waals surface area contributed by atoms with Gasteiger partial charge < -0.3 is 51.0 Å². The molecule has 0 saturated carbocycles. The van der Waals surface area contributed by atoms with Crippen LogP contribution >= 0.6 is 0 Å². The molecule has 2 aromatic carbocycles. The van der Waals surface area contributed by atoms with E-state index in [1.165, 1.54) is 16.7 Å². The smallest absolute Gasteiger partial charge is 0.340 e. The van der Waals surface area contributed by atoms with Gasteiger partial charge in [0.2, 0.25) is 35.4 Å². The van der Waals surface area contributed by atoms with Gasteiger partial charge in [0.05, 0.1) is 54.7 Å². The second-order valence-electron chi connectivity index (χ2n) is 17.0. The zero-order valence-corrected chi connectivity index (χ0v) is 37.5. The fourth-order valence-corrected chi connectivity index (χ4v) is 8.45. The topological polar surface area (TPSA) is 282 Å². The van der Waals surface area contributed by atoms with Gasteiger partial charge in [0.1, 0.15) is 37.6 Å². The first-order chi connectivity index (χ1) is 32.5. The average Bonchev–Trinajstić information content (AvgIpc) is 3.69. The van der Waals surface area contributed by atoms with Crippen molar-refractivity contribution < 1.29 is 57.3 Å². The van der Waals surface area contributed by atoms with E-state index in [2.05, 4.69) is 31.9 Å². The van der Waals surface area contributed by atoms with Gasteiger partial charge in [-0.05, 0) is 48.1 Å². The summed E-state index contributed by atoms with van der Waals surface area (Å²) in [6.45, 7) is 2.51. The number of carbonyl (C=O) groups is 8. The quantitative estimate of drug-likeness (QED) is 0.0333. The Morgan fingerprint density at radius 2 is 1.59 bits per heavy atom. The number of carbonyl (C=O) groups excluding carboxylic acids is 8. The number of nitrogens with one attached hydrogen (secondary N) is 6. The molecule has 4 heterocycles. The number of halogens is 1. The van der Waals surface area contributed by atoms with Gasteiger partial charge in [-0.3, -0.25) is 38.4 Å². The number of ketones is 1. The number of aromatic nitrogens is 2. The number of fused-ring (bicyclic) bond motifs is 5. The van der Waals surface area contributed by atoms with Gasteiger partial charge in [0, 0.05) is 47.8 Å². The Hall–Kier alpha value is -7.39. The molecule has 4 aromatic rings. The minimum absolute atomic E-state index is 0.0399. The van der Waals surface area contributed by atoms with E-state index >= 15 is 4.39 Å². The van der Waals surface area contributed by atoms with E-state index in [-0.39, 0.29) is 55.2 Å². The van der Waals surface area contributed by atoms with Gasteiger partial charge in [-0.2, -0.15) is 0 Å². The molecule has 3 aliphatic rings. The van der Waals surface area contributed by atoms with E-state index in [1.807, 2.05) is 0 Å². The third-order valence-electron chi connectivity index (χ3n) is 12.1. The Kier molecular flexibility index (Phi) is 15.0. The molecule has 7 rings (SSSR count). The van der Waals surface area contributed by atoms with Crippen molar-refractivity contribution in [1.82, 2.24) is 41.5 Å². The highest BCUT2D eigenvalue weighted by Gasteiger charge is 2.38. The second-order valence-corrected chi connectivity index (χ2v) is 17.0. The van der Waals surface area contributed by atoms with Crippen LogP contribution in [0.25, 0.3) is 22.3 Å². The van der Waals surface area contributed by atoms with Crippen LogP contribution < -0.4 is 37.5 Å². The predicted octanol–water partition coefficient (Wildman–Crippen LogP) is 0.238. The highest BCUT2D eigenvalue weighted by atomic mass is 19.1. The van der Waals surface area contributed by atoms with Gasteiger partial charge in [0.25, 0.3) is 5.56 Å². The van der Waals surface area contributed by atoms with E-state index in [0.29, 0.717) is 57.4 Å². The molecule has 21 heteroatoms. The number of aryl methyl sites for hydroxylation is 1. The van der Waals surface area contributed by atoms with Crippen LogP contribution in [0.15, 0.2) is 47.3 Å². The summed E-state index contributed by atoms with van der Waals surface area (Å²) in [5.74, 6) is -5.45. The molecule has 6 amide bonds. The number of aliphatic hydroxyl groups excluding tert-OH is 1. The number of aliphatic hydroxyl groups is 1. The fourth-order valence-electron chi connectivity index (χ4n) is 8.45. The minimum atomic E-state index is -1.66. The Bertz CT molecular complexity index is 2780. The van der Waals surface area contributed by atoms with Crippen molar-refractivity contribution in [2.45, 2.75) is 84.2 Å². The lowest BCUT2D eigenvalue weighted by Crippen LogP contribution is -2.52. The number of rotatable bonds is 19. The summed E-state index contributed by atoms with van der Waals surface area (Å²) in [5, 5.41) is 26.4. The van der Waals surface area contributed by atoms with Crippen LogP contribution in [0.5, 0.6) is 0 Å². The van der Waals surface area contributed by atoms with Crippen molar-refractivity contribution in [1.29, 1.82) is 0 Å². The Morgan fingerprint density at radius 3 is 2.34 bits per heavy atom. The SMILES string of the molecule is Cc1c(F)cc2nc3c(c4c2c1CC[C@@H]4NC(=O)COCNC(=O)CNC(=O)[C@H](Cc1ccccc1)NC(=O)CNC(=O)CNC(=O)CCC(=O)C(C)C)Cn1c-3cc2c(c1=O)COC(=O)[C@H]2O. The molecule has 2 aromatic heterocycles. The highest BCUT2D eigenvalue weighted by Crippen LogP contribution is 2.45. The van der Waals surface area contributed by atoms with Gasteiger partial charge in [0.15, 0.2) is 6.10 Å². The van der Waals surface area contributed by atoms with E-state index < -0.39 is 104 Å². The van der Waals surface area contributed by atoms with E-state index in [0.717, 1.165) is 5.56 Å². The van der Waals surface area contributed by atoms with Gasteiger partial charge in [-0.15, -0.1) is 0 Å². The van der Waals surface area contributed by atoms with Crippen LogP contribution in [0.1, 0.15) is 84.2 Å². The van der Waals surface area contributed by atoms with Crippen molar-refractivity contribution in [3.05, 3.63) is 97.6 Å². The molecule has 68 heavy (non-hydrogen) atoms. The maximum absolute atomic E-state index is 15.2. The molecule has 7 N–H and O–H groups in total. The molecule has 0 spiro atoms. The molecular formula is C47H51FN8O12. The molecule has 0 unspecified atom stereocenters. The van der Waals surface area contributed by atoms with Crippen molar-refractivity contribution in [2.75, 3.05) is 33.0 Å². The first-order valence-electron chi connectivity index (χ1n) is 22.1. The predicted molar refractivity (Wildman–Crippen MR) is 238 cm³/mol. The van der Waals surface area contributed by atoms with Gasteiger partial charge >= 0.3 is 5.97 Å². The summed E-state index contributed by atoms with van der Waals surface area (Å²) in [6, 6.07) is 9.81. The van der Waals surface area contributed by atoms with Crippen molar-refractivity contribution in [2.24, 2.45) is 5.92 Å². The van der Waals surface area contributed by atoms with Crippen molar-refractivity contribution in [3.8, 4) is 11.4 Å². The third-order valence-corrected chi connectivity index (χ3v) is 12.1. The van der Waals surface area contributed by atoms with Crippen molar-refractivity contribution in [3.63, 3.8) is 0 Å². The normalized spacial score (nSPS) is 15.8. The molecule has 0 saturated heterocycles. The first-order valence-corrected chi connectivity index (χ1v) is 22.1. The molecule has 2 aliphatic heterocycles. The highest BCUT2D eigenvalue weighted by molar-refractivity contribution is 5.95. The summed E-state index contributed by atoms with van der Waals surface area (Å²) in [4.78, 5) is 119. The third kappa shape index (κ3) is 10.9. The fraction of sp³-hybridized carbons (Fsp3) is 0.404. The number of ether oxygens (including phenoxy) is 2. The number of esters is 1. The number of benzene rings is 2. The second kappa shape index (κ2) is 21.1. The Balaban J connectivity index is 0.913. The Labute approximate surface area is 388 Å². The number of hydrogen-bond acceptors (Lipinski definition) is 13. The minimum Gasteiger partial charge on any atom is -0.458 e. The summed E-state index contributed by atoms with van der Waals surface area (Å²) in [6.07, 6.45) is -0.874. The molecule has 0 bridgehead atoms. The molecule has 0 fully saturated rings. The van der Waals surface area contributed by atoms with Gasteiger partial charge in [-0.25, -0.2) is 14.2 Å². The summed E-state index contributed by atoms with van der Waals surface area (Å²) >= 11 is 0. The van der Waals surface area contributed by atoms with Gasteiger partial charge in [-0.1, -0.05) is 44.2 Å². The molecule has 1 aliphatic carbocycles. The zero-order valence-electron chi connectivity index (χ0n) is 37.5. The number of cyclic esters (lactones) is 1. The average molecular weight is 939 g/mol. The van der Waals surface area contributed by atoms with E-state index in [1.54, 1.807) is 51.1 Å². The maximum Gasteiger partial charge on any atom is 0.340 e. The molecule has 358 valence electrons. The number of Topliss-reactive ketones (excluding diaryl/α,β-unsaturated/α-hetero) is 1. The summed E-state index contributed by atoms with van der Waals surface area (Å²) < 4.78 is 27.2. The summed E-state index contributed by atoms with van der Waals surface area (Å²) in [7, 11) is 0. The van der Waals surface area contributed by atoms with Crippen molar-refractivity contribution >= 4 is 58.1 Å². The lowest BCUT2D eigenvalue weighted by Gasteiger charge is -2.29. The van der Waals surface area contributed by atoms with Crippen LogP contribution in [0, 0.1) is 18.7 Å². The standard InChI is InChI=1S/C47H51FN8O12/c1-23(2)35(57)11-12-36(58)49-16-37(59)50-18-39(61)54-33(13-25-7-5-4-6-8-25)45(64)51-17-38(60)52-22-67-21-40(62)53-31-10-9-26-24(3)30(48)15-32-41(26)42(31)28-19-56-34(43(28)55-32)14-27-29(46(56)65)20-68-47(66)44(27)63/h4-8,14-15,23,31,33,44,63H,9-13,16-22H2,1-3H3,(H,49,58)(H,50,59)(H,51,64)(H,52,60)(H,53,62)(H,54,61)/t31-,33-,44-/m0/s1. The first kappa shape index (κ1) is 48.5. The van der Waals surface area contributed by atoms with Crippen LogP contribution in [0.2, 0.25) is 0 Å². The zero-order chi connectivity index (χ0) is 48.8. The maximum atomic E-state index is 15.2. The molecule has 3 atom stereocenters. The summed E-state index contributed by atoms with van der Waals surface area (Å²) in [5.41, 5.74) is 3.90. The number of nitrogens with zero attached hydrogens (tertiary/aromatic N) is 2. The molecule has 0 radical (unpaired) electrons. The number of hydrogen-bond donors (Lipinski definition) is 7. The van der Waals surface area contributed by atoms with Crippen LogP contribution in [0.3, 0.4) is 0 Å². The number of pyridine rings is 2. The van der Waals surface area contributed by atoms with Crippen LogP contribution in [0.4, 0.5) is 4.39 Å². The lowest BCUT2D eigenvalue weighted by molar-refractivity contribution is -0.157. The monoisotopic (exact) mass is 938 g/mol.